The number of aryl methyl sites for hydroxylation is 2. The first-order valence-corrected chi connectivity index (χ1v) is 11.5. The molecule has 0 aliphatic carbocycles. The quantitative estimate of drug-likeness (QED) is 0.482. The van der Waals surface area contributed by atoms with E-state index < -0.39 is 6.04 Å². The maximum Gasteiger partial charge on any atom is 0.308 e. The second-order valence-electron chi connectivity index (χ2n) is 8.19. The predicted octanol–water partition coefficient (Wildman–Crippen LogP) is 5.39. The van der Waals surface area contributed by atoms with Crippen LogP contribution in [0.3, 0.4) is 0 Å². The van der Waals surface area contributed by atoms with Gasteiger partial charge in [0.05, 0.1) is 18.7 Å². The number of esters is 1. The van der Waals surface area contributed by atoms with Gasteiger partial charge in [-0.3, -0.25) is 14.4 Å². The van der Waals surface area contributed by atoms with Crippen LogP contribution in [0.2, 0.25) is 5.02 Å². The molecule has 2 aromatic heterocycles. The lowest BCUT2D eigenvalue weighted by Crippen LogP contribution is -2.15. The number of benzene rings is 1. The molecule has 162 valence electrons. The van der Waals surface area contributed by atoms with Crippen LogP contribution < -0.4 is 0 Å². The second-order valence-corrected chi connectivity index (χ2v) is 9.83. The van der Waals surface area contributed by atoms with Gasteiger partial charge in [-0.25, -0.2) is 0 Å². The Hall–Kier alpha value is -2.51. The van der Waals surface area contributed by atoms with Gasteiger partial charge in [-0.15, -0.1) is 21.5 Å². The van der Waals surface area contributed by atoms with Crippen molar-refractivity contribution in [2.24, 2.45) is 10.9 Å². The Morgan fingerprint density at radius 3 is 2.58 bits per heavy atom. The van der Waals surface area contributed by atoms with E-state index in [9.17, 15) is 4.79 Å². The number of ether oxygens (including phenoxy) is 1. The zero-order valence-electron chi connectivity index (χ0n) is 18.3. The molecule has 1 aromatic carbocycles. The minimum absolute atomic E-state index is 0.106. The number of carbonyl (C=O) groups is 1. The van der Waals surface area contributed by atoms with Crippen molar-refractivity contribution in [3.63, 3.8) is 0 Å². The molecule has 1 atom stereocenters. The number of nitrogens with zero attached hydrogens (tertiary/aromatic N) is 4. The van der Waals surface area contributed by atoms with Crippen molar-refractivity contribution in [3.05, 3.63) is 62.5 Å². The Bertz CT molecular complexity index is 1160. The Kier molecular flexibility index (Phi) is 5.99. The Labute approximate surface area is 190 Å². The minimum atomic E-state index is -0.495. The summed E-state index contributed by atoms with van der Waals surface area (Å²) in [6.07, 6.45) is 0.106. The molecule has 0 fully saturated rings. The van der Waals surface area contributed by atoms with Gasteiger partial charge < -0.3 is 4.74 Å². The number of rotatable bonds is 5. The van der Waals surface area contributed by atoms with Crippen molar-refractivity contribution in [2.75, 3.05) is 6.61 Å². The highest BCUT2D eigenvalue weighted by atomic mass is 35.5. The van der Waals surface area contributed by atoms with E-state index >= 15 is 0 Å². The highest BCUT2D eigenvalue weighted by Crippen LogP contribution is 2.39. The molecule has 0 saturated heterocycles. The molecule has 1 aliphatic heterocycles. The van der Waals surface area contributed by atoms with Gasteiger partial charge in [0.25, 0.3) is 0 Å². The molecule has 31 heavy (non-hydrogen) atoms. The molecule has 3 heterocycles. The van der Waals surface area contributed by atoms with E-state index in [1.54, 1.807) is 11.3 Å². The van der Waals surface area contributed by atoms with Gasteiger partial charge in [0.2, 0.25) is 0 Å². The highest BCUT2D eigenvalue weighted by Gasteiger charge is 2.32. The molecule has 4 rings (SSSR count). The maximum absolute atomic E-state index is 12.6. The molecule has 0 radical (unpaired) electrons. The molecule has 8 heteroatoms. The Morgan fingerprint density at radius 1 is 1.19 bits per heavy atom. The lowest BCUT2D eigenvalue weighted by molar-refractivity contribution is -0.145. The molecule has 0 N–H and O–H groups in total. The van der Waals surface area contributed by atoms with Crippen LogP contribution in [0.15, 0.2) is 29.3 Å². The van der Waals surface area contributed by atoms with Crippen molar-refractivity contribution in [1.82, 2.24) is 14.8 Å². The summed E-state index contributed by atoms with van der Waals surface area (Å²) in [6, 6.07) is 7.15. The zero-order chi connectivity index (χ0) is 22.3. The highest BCUT2D eigenvalue weighted by molar-refractivity contribution is 7.15. The molecule has 6 nitrogen and oxygen atoms in total. The van der Waals surface area contributed by atoms with E-state index in [0.717, 1.165) is 33.2 Å². The molecular weight excluding hydrogens is 432 g/mol. The van der Waals surface area contributed by atoms with Crippen LogP contribution in [0.5, 0.6) is 0 Å². The van der Waals surface area contributed by atoms with E-state index in [1.165, 1.54) is 4.88 Å². The summed E-state index contributed by atoms with van der Waals surface area (Å²) >= 11 is 7.82. The fraction of sp³-hybridized carbons (Fsp3) is 0.391. The molecule has 0 bridgehead atoms. The van der Waals surface area contributed by atoms with Gasteiger partial charge in [0.1, 0.15) is 16.9 Å². The monoisotopic (exact) mass is 456 g/mol. The van der Waals surface area contributed by atoms with Crippen molar-refractivity contribution in [2.45, 2.75) is 47.1 Å². The summed E-state index contributed by atoms with van der Waals surface area (Å²) in [5.74, 6) is 1.41. The first-order chi connectivity index (χ1) is 14.8. The lowest BCUT2D eigenvalue weighted by Gasteiger charge is -2.13. The summed E-state index contributed by atoms with van der Waals surface area (Å²) < 4.78 is 7.48. The number of fused-ring (bicyclic) bond motifs is 3. The minimum Gasteiger partial charge on any atom is -0.465 e. The third kappa shape index (κ3) is 4.16. The van der Waals surface area contributed by atoms with E-state index in [2.05, 4.69) is 24.0 Å². The summed E-state index contributed by atoms with van der Waals surface area (Å²) in [6.45, 7) is 10.5. The van der Waals surface area contributed by atoms with Gasteiger partial charge in [0.15, 0.2) is 5.82 Å². The average molecular weight is 457 g/mol. The summed E-state index contributed by atoms with van der Waals surface area (Å²) in [4.78, 5) is 18.9. The number of aliphatic imine (C=N–C) groups is 1. The SMILES string of the molecule is Cc1sc2c(c1C)C(c1ccc(Cl)cc1)=N[C@H](CC(=O)OCC(C)C)c1nnc(C)n1-2. The molecular formula is C23H25ClN4O2S. The van der Waals surface area contributed by atoms with Crippen molar-refractivity contribution in [3.8, 4) is 5.00 Å². The summed E-state index contributed by atoms with van der Waals surface area (Å²) in [7, 11) is 0. The van der Waals surface area contributed by atoms with E-state index in [0.29, 0.717) is 17.5 Å². The number of hydrogen-bond acceptors (Lipinski definition) is 6. The second kappa shape index (κ2) is 8.55. The topological polar surface area (TPSA) is 69.4 Å². The smallest absolute Gasteiger partial charge is 0.308 e. The van der Waals surface area contributed by atoms with Gasteiger partial charge in [-0.05, 0) is 44.4 Å². The van der Waals surface area contributed by atoms with Gasteiger partial charge in [-0.1, -0.05) is 37.6 Å². The molecule has 3 aromatic rings. The van der Waals surface area contributed by atoms with E-state index in [4.69, 9.17) is 21.3 Å². The number of carbonyl (C=O) groups excluding carboxylic acids is 1. The van der Waals surface area contributed by atoms with Crippen molar-refractivity contribution in [1.29, 1.82) is 0 Å². The first-order valence-electron chi connectivity index (χ1n) is 10.3. The van der Waals surface area contributed by atoms with Crippen LogP contribution in [0, 0.1) is 26.7 Å². The van der Waals surface area contributed by atoms with Crippen LogP contribution in [0.1, 0.15) is 59.5 Å². The van der Waals surface area contributed by atoms with Gasteiger partial charge in [0, 0.05) is 21.0 Å². The number of thiophene rings is 1. The normalized spacial score (nSPS) is 15.3. The molecule has 0 saturated carbocycles. The fourth-order valence-corrected chi connectivity index (χ4v) is 4.95. The van der Waals surface area contributed by atoms with Crippen LogP contribution in [0.25, 0.3) is 5.00 Å². The number of hydrogen-bond donors (Lipinski definition) is 0. The number of aromatic nitrogens is 3. The summed E-state index contributed by atoms with van der Waals surface area (Å²) in [5.41, 5.74) is 3.99. The van der Waals surface area contributed by atoms with Crippen LogP contribution in [-0.4, -0.2) is 33.1 Å². The fourth-order valence-electron chi connectivity index (χ4n) is 3.61. The molecule has 0 unspecified atom stereocenters. The molecule has 0 spiro atoms. The average Bonchev–Trinajstić information content (AvgIpc) is 3.19. The lowest BCUT2D eigenvalue weighted by atomic mass is 9.99. The molecule has 0 amide bonds. The summed E-state index contributed by atoms with van der Waals surface area (Å²) in [5, 5.41) is 10.4. The van der Waals surface area contributed by atoms with Crippen molar-refractivity contribution < 1.29 is 9.53 Å². The van der Waals surface area contributed by atoms with Crippen LogP contribution >= 0.6 is 22.9 Å². The van der Waals surface area contributed by atoms with E-state index in [1.807, 2.05) is 49.6 Å². The standard InChI is InChI=1S/C23H25ClN4O2S/c1-12(2)11-30-19(29)10-18-22-27-26-15(5)28(22)23-20(13(3)14(4)31-23)21(25-18)16-6-8-17(24)9-7-16/h6-9,12,18H,10-11H2,1-5H3/t18-/m1/s1. The third-order valence-corrected chi connectivity index (χ3v) is 6.74. The number of halogens is 1. The maximum atomic E-state index is 12.6. The van der Waals surface area contributed by atoms with Crippen LogP contribution in [-0.2, 0) is 9.53 Å². The van der Waals surface area contributed by atoms with E-state index in [-0.39, 0.29) is 18.3 Å². The Morgan fingerprint density at radius 2 is 1.90 bits per heavy atom. The first kappa shape index (κ1) is 21.7. The Balaban J connectivity index is 1.87. The predicted molar refractivity (Wildman–Crippen MR) is 124 cm³/mol. The van der Waals surface area contributed by atoms with Crippen LogP contribution in [0.4, 0.5) is 0 Å². The van der Waals surface area contributed by atoms with Gasteiger partial charge in [-0.2, -0.15) is 0 Å². The van der Waals surface area contributed by atoms with Crippen molar-refractivity contribution >= 4 is 34.6 Å². The van der Waals surface area contributed by atoms with Gasteiger partial charge >= 0.3 is 5.97 Å². The third-order valence-electron chi connectivity index (χ3n) is 5.29. The largest absolute Gasteiger partial charge is 0.465 e. The molecule has 1 aliphatic rings. The zero-order valence-corrected chi connectivity index (χ0v) is 19.8.